The monoisotopic (exact) mass is 200 g/mol. The molecule has 0 aliphatic heterocycles. The lowest BCUT2D eigenvalue weighted by Crippen LogP contribution is -2.33. The largest absolute Gasteiger partial charge is 0.383 e. The summed E-state index contributed by atoms with van der Waals surface area (Å²) < 4.78 is 0. The standard InChI is InChI=1S/C13H16N2/c1-13(7-4-8-13)10-15-12-6-3-2-5-11(12)9-14/h2-3,5-6,15H,4,7-8,10H2,1H3. The van der Waals surface area contributed by atoms with Crippen LogP contribution in [0.4, 0.5) is 5.69 Å². The van der Waals surface area contributed by atoms with Gasteiger partial charge < -0.3 is 5.32 Å². The van der Waals surface area contributed by atoms with Crippen molar-refractivity contribution in [1.82, 2.24) is 0 Å². The van der Waals surface area contributed by atoms with E-state index in [1.165, 1.54) is 19.3 Å². The first-order chi connectivity index (χ1) is 7.23. The maximum Gasteiger partial charge on any atom is 0.101 e. The highest BCUT2D eigenvalue weighted by Gasteiger charge is 2.31. The summed E-state index contributed by atoms with van der Waals surface area (Å²) in [6.45, 7) is 3.28. The third kappa shape index (κ3) is 2.12. The van der Waals surface area contributed by atoms with E-state index in [9.17, 15) is 0 Å². The van der Waals surface area contributed by atoms with Crippen molar-refractivity contribution < 1.29 is 0 Å². The van der Waals surface area contributed by atoms with E-state index in [0.29, 0.717) is 5.41 Å². The number of nitrogens with one attached hydrogen (secondary N) is 1. The molecule has 1 aliphatic carbocycles. The summed E-state index contributed by atoms with van der Waals surface area (Å²) in [6, 6.07) is 9.89. The van der Waals surface area contributed by atoms with Gasteiger partial charge in [0.15, 0.2) is 0 Å². The highest BCUT2D eigenvalue weighted by atomic mass is 14.9. The lowest BCUT2D eigenvalue weighted by Gasteiger charge is -2.38. The molecule has 0 aromatic heterocycles. The molecule has 0 amide bonds. The Bertz CT molecular complexity index is 386. The van der Waals surface area contributed by atoms with Gasteiger partial charge in [0.2, 0.25) is 0 Å². The second kappa shape index (κ2) is 3.94. The summed E-state index contributed by atoms with van der Waals surface area (Å²) in [5, 5.41) is 12.3. The molecule has 1 saturated carbocycles. The van der Waals surface area contributed by atoms with Crippen molar-refractivity contribution in [1.29, 1.82) is 5.26 Å². The van der Waals surface area contributed by atoms with Gasteiger partial charge in [0.05, 0.1) is 11.3 Å². The summed E-state index contributed by atoms with van der Waals surface area (Å²) in [5.74, 6) is 0. The number of para-hydroxylation sites is 1. The molecule has 0 unspecified atom stereocenters. The van der Waals surface area contributed by atoms with Gasteiger partial charge in [-0.1, -0.05) is 25.5 Å². The van der Waals surface area contributed by atoms with Gasteiger partial charge in [0, 0.05) is 6.54 Å². The second-order valence-electron chi connectivity index (χ2n) is 4.68. The van der Waals surface area contributed by atoms with E-state index in [1.54, 1.807) is 0 Å². The predicted molar refractivity (Wildman–Crippen MR) is 61.6 cm³/mol. The van der Waals surface area contributed by atoms with Crippen LogP contribution in [-0.4, -0.2) is 6.54 Å². The van der Waals surface area contributed by atoms with Crippen LogP contribution in [0.2, 0.25) is 0 Å². The molecule has 1 aromatic rings. The van der Waals surface area contributed by atoms with Crippen LogP contribution in [0.25, 0.3) is 0 Å². The van der Waals surface area contributed by atoms with Gasteiger partial charge in [-0.25, -0.2) is 0 Å². The molecule has 78 valence electrons. The average Bonchev–Trinajstić information content (AvgIpc) is 2.24. The Kier molecular flexibility index (Phi) is 2.64. The Morgan fingerprint density at radius 3 is 2.73 bits per heavy atom. The Labute approximate surface area is 90.9 Å². The van der Waals surface area contributed by atoms with Crippen LogP contribution < -0.4 is 5.32 Å². The zero-order chi connectivity index (χ0) is 10.7. The summed E-state index contributed by atoms with van der Waals surface area (Å²) >= 11 is 0. The lowest BCUT2D eigenvalue weighted by atomic mass is 9.70. The number of hydrogen-bond acceptors (Lipinski definition) is 2. The minimum atomic E-state index is 0.447. The van der Waals surface area contributed by atoms with E-state index in [4.69, 9.17) is 5.26 Å². The number of benzene rings is 1. The van der Waals surface area contributed by atoms with E-state index >= 15 is 0 Å². The molecule has 2 heteroatoms. The van der Waals surface area contributed by atoms with Crippen molar-refractivity contribution in [3.63, 3.8) is 0 Å². The number of hydrogen-bond donors (Lipinski definition) is 1. The summed E-state index contributed by atoms with van der Waals surface area (Å²) in [6.07, 6.45) is 3.95. The van der Waals surface area contributed by atoms with Gasteiger partial charge in [0.1, 0.15) is 6.07 Å². The van der Waals surface area contributed by atoms with Crippen molar-refractivity contribution in [2.24, 2.45) is 5.41 Å². The van der Waals surface area contributed by atoms with Gasteiger partial charge in [-0.2, -0.15) is 5.26 Å². The molecule has 2 nitrogen and oxygen atoms in total. The molecule has 0 saturated heterocycles. The van der Waals surface area contributed by atoms with Crippen LogP contribution >= 0.6 is 0 Å². The first-order valence-corrected chi connectivity index (χ1v) is 5.47. The maximum absolute atomic E-state index is 8.93. The zero-order valence-corrected chi connectivity index (χ0v) is 9.09. The van der Waals surface area contributed by atoms with Gasteiger partial charge in [-0.05, 0) is 30.4 Å². The normalized spacial score (nSPS) is 17.6. The molecule has 0 bridgehead atoms. The van der Waals surface area contributed by atoms with Crippen molar-refractivity contribution in [2.75, 3.05) is 11.9 Å². The predicted octanol–water partition coefficient (Wildman–Crippen LogP) is 3.16. The molecule has 0 heterocycles. The molecule has 1 N–H and O–H groups in total. The first-order valence-electron chi connectivity index (χ1n) is 5.47. The number of nitrogens with zero attached hydrogens (tertiary/aromatic N) is 1. The molecular weight excluding hydrogens is 184 g/mol. The molecule has 1 fully saturated rings. The zero-order valence-electron chi connectivity index (χ0n) is 9.09. The Morgan fingerprint density at radius 2 is 2.13 bits per heavy atom. The molecule has 1 aliphatic rings. The highest BCUT2D eigenvalue weighted by Crippen LogP contribution is 2.40. The van der Waals surface area contributed by atoms with Crippen molar-refractivity contribution in [3.05, 3.63) is 29.8 Å². The van der Waals surface area contributed by atoms with Crippen LogP contribution in [-0.2, 0) is 0 Å². The molecule has 15 heavy (non-hydrogen) atoms. The maximum atomic E-state index is 8.93. The molecule has 2 rings (SSSR count). The van der Waals surface area contributed by atoms with E-state index in [1.807, 2.05) is 24.3 Å². The lowest BCUT2D eigenvalue weighted by molar-refractivity contribution is 0.180. The van der Waals surface area contributed by atoms with Crippen LogP contribution in [0.5, 0.6) is 0 Å². The summed E-state index contributed by atoms with van der Waals surface area (Å²) in [7, 11) is 0. The molecule has 0 atom stereocenters. The Morgan fingerprint density at radius 1 is 1.40 bits per heavy atom. The van der Waals surface area contributed by atoms with Crippen LogP contribution in [0.15, 0.2) is 24.3 Å². The van der Waals surface area contributed by atoms with E-state index < -0.39 is 0 Å². The van der Waals surface area contributed by atoms with Gasteiger partial charge in [-0.3, -0.25) is 0 Å². The fourth-order valence-electron chi connectivity index (χ4n) is 2.00. The van der Waals surface area contributed by atoms with E-state index in [2.05, 4.69) is 18.3 Å². The minimum Gasteiger partial charge on any atom is -0.383 e. The van der Waals surface area contributed by atoms with Crippen molar-refractivity contribution in [2.45, 2.75) is 26.2 Å². The molecule has 1 aromatic carbocycles. The van der Waals surface area contributed by atoms with E-state index in [0.717, 1.165) is 17.8 Å². The van der Waals surface area contributed by atoms with Crippen LogP contribution in [0, 0.1) is 16.7 Å². The smallest absolute Gasteiger partial charge is 0.101 e. The number of rotatable bonds is 3. The van der Waals surface area contributed by atoms with Crippen LogP contribution in [0.3, 0.4) is 0 Å². The van der Waals surface area contributed by atoms with E-state index in [-0.39, 0.29) is 0 Å². The third-order valence-corrected chi connectivity index (χ3v) is 3.31. The molecule has 0 radical (unpaired) electrons. The minimum absolute atomic E-state index is 0.447. The first kappa shape index (κ1) is 10.0. The molecule has 0 spiro atoms. The van der Waals surface area contributed by atoms with Crippen molar-refractivity contribution in [3.8, 4) is 6.07 Å². The molecular formula is C13H16N2. The van der Waals surface area contributed by atoms with Crippen LogP contribution in [0.1, 0.15) is 31.7 Å². The summed E-state index contributed by atoms with van der Waals surface area (Å²) in [4.78, 5) is 0. The fourth-order valence-corrected chi connectivity index (χ4v) is 2.00. The van der Waals surface area contributed by atoms with Crippen molar-refractivity contribution >= 4 is 5.69 Å². The van der Waals surface area contributed by atoms with Gasteiger partial charge in [-0.15, -0.1) is 0 Å². The van der Waals surface area contributed by atoms with Gasteiger partial charge >= 0.3 is 0 Å². The second-order valence-corrected chi connectivity index (χ2v) is 4.68. The average molecular weight is 200 g/mol. The SMILES string of the molecule is CC1(CNc2ccccc2C#N)CCC1. The Hall–Kier alpha value is -1.49. The number of nitriles is 1. The van der Waals surface area contributed by atoms with Gasteiger partial charge in [0.25, 0.3) is 0 Å². The quantitative estimate of drug-likeness (QED) is 0.813. The fraction of sp³-hybridized carbons (Fsp3) is 0.462. The summed E-state index contributed by atoms with van der Waals surface area (Å²) in [5.41, 5.74) is 2.15. The highest BCUT2D eigenvalue weighted by molar-refractivity contribution is 5.57. The number of anilines is 1. The topological polar surface area (TPSA) is 35.8 Å². The Balaban J connectivity index is 2.02. The third-order valence-electron chi connectivity index (χ3n) is 3.31.